The Morgan fingerprint density at radius 3 is 3.07 bits per heavy atom. The number of nitrogens with zero attached hydrogens (tertiary/aromatic N) is 3. The summed E-state index contributed by atoms with van der Waals surface area (Å²) in [6, 6.07) is 7.96. The third-order valence-electron chi connectivity index (χ3n) is 6.12. The lowest BCUT2D eigenvalue weighted by molar-refractivity contribution is 0.0694. The smallest absolute Gasteiger partial charge is 0.254 e. The summed E-state index contributed by atoms with van der Waals surface area (Å²) in [6.45, 7) is 6.08. The van der Waals surface area contributed by atoms with Gasteiger partial charge < -0.3 is 24.6 Å². The minimum atomic E-state index is 0.0212. The van der Waals surface area contributed by atoms with E-state index in [4.69, 9.17) is 21.1 Å². The van der Waals surface area contributed by atoms with Crippen LogP contribution >= 0.6 is 11.6 Å². The molecule has 30 heavy (non-hydrogen) atoms. The van der Waals surface area contributed by atoms with E-state index in [9.17, 15) is 4.79 Å². The number of amides is 1. The second-order valence-electron chi connectivity index (χ2n) is 8.07. The van der Waals surface area contributed by atoms with Crippen LogP contribution in [0.25, 0.3) is 0 Å². The molecule has 7 nitrogen and oxygen atoms in total. The molecule has 2 fully saturated rings. The molecule has 2 aromatic rings. The molecule has 1 aromatic heterocycles. The Kier molecular flexibility index (Phi) is 5.16. The van der Waals surface area contributed by atoms with Crippen LogP contribution in [0.3, 0.4) is 0 Å². The maximum Gasteiger partial charge on any atom is 0.254 e. The first-order valence-electron chi connectivity index (χ1n) is 10.4. The van der Waals surface area contributed by atoms with Gasteiger partial charge in [-0.3, -0.25) is 4.79 Å². The number of piperazine rings is 1. The summed E-state index contributed by atoms with van der Waals surface area (Å²) in [5.41, 5.74) is 1.56. The molecule has 8 heteroatoms. The number of fused-ring (bicyclic) bond motifs is 3. The number of anilines is 1. The lowest BCUT2D eigenvalue weighted by atomic mass is 10.1. The SMILES string of the molecule is Cc1c(Cl)cnc2c1OCC1CN(C(=O)c3cccc(OCC4CCN4)c3)CCN21. The van der Waals surface area contributed by atoms with Gasteiger partial charge in [-0.1, -0.05) is 17.7 Å². The molecule has 3 aliphatic heterocycles. The summed E-state index contributed by atoms with van der Waals surface area (Å²) in [5, 5.41) is 3.92. The number of nitrogens with one attached hydrogen (secondary N) is 1. The average Bonchev–Trinajstić information content (AvgIpc) is 2.74. The Morgan fingerprint density at radius 1 is 1.40 bits per heavy atom. The first-order chi connectivity index (χ1) is 14.6. The number of benzene rings is 1. The Morgan fingerprint density at radius 2 is 2.27 bits per heavy atom. The van der Waals surface area contributed by atoms with Crippen molar-refractivity contribution >= 4 is 23.3 Å². The van der Waals surface area contributed by atoms with Crippen LogP contribution in [-0.4, -0.2) is 67.3 Å². The fourth-order valence-corrected chi connectivity index (χ4v) is 4.29. The zero-order valence-corrected chi connectivity index (χ0v) is 17.7. The van der Waals surface area contributed by atoms with Gasteiger partial charge in [-0.25, -0.2) is 4.98 Å². The van der Waals surface area contributed by atoms with Crippen molar-refractivity contribution in [1.82, 2.24) is 15.2 Å². The highest BCUT2D eigenvalue weighted by Gasteiger charge is 2.36. The lowest BCUT2D eigenvalue weighted by Gasteiger charge is -2.45. The number of hydrogen-bond acceptors (Lipinski definition) is 6. The van der Waals surface area contributed by atoms with Gasteiger partial charge in [-0.05, 0) is 38.1 Å². The van der Waals surface area contributed by atoms with E-state index in [-0.39, 0.29) is 11.9 Å². The van der Waals surface area contributed by atoms with Gasteiger partial charge in [0.15, 0.2) is 11.6 Å². The molecule has 0 saturated carbocycles. The van der Waals surface area contributed by atoms with Crippen LogP contribution in [0.1, 0.15) is 22.3 Å². The summed E-state index contributed by atoms with van der Waals surface area (Å²) in [6.07, 6.45) is 2.81. The molecule has 0 radical (unpaired) electrons. The van der Waals surface area contributed by atoms with Gasteiger partial charge in [0.2, 0.25) is 0 Å². The Balaban J connectivity index is 1.27. The summed E-state index contributed by atoms with van der Waals surface area (Å²) in [7, 11) is 0. The van der Waals surface area contributed by atoms with Crippen LogP contribution in [0.5, 0.6) is 11.5 Å². The third kappa shape index (κ3) is 3.56. The quantitative estimate of drug-likeness (QED) is 0.807. The molecule has 3 aliphatic rings. The molecule has 0 spiro atoms. The van der Waals surface area contributed by atoms with Crippen molar-refractivity contribution in [3.05, 3.63) is 46.6 Å². The summed E-state index contributed by atoms with van der Waals surface area (Å²) in [4.78, 5) is 21.8. The second-order valence-corrected chi connectivity index (χ2v) is 8.48. The molecule has 1 amide bonds. The standard InChI is InChI=1S/C22H25ClN4O3/c1-14-19(23)10-25-21-20(14)30-13-17-11-26(7-8-27(17)21)22(28)15-3-2-4-18(9-15)29-12-16-5-6-24-16/h2-4,9-10,16-17,24H,5-8,11-13H2,1H3. The average molecular weight is 429 g/mol. The van der Waals surface area contributed by atoms with Crippen molar-refractivity contribution in [1.29, 1.82) is 0 Å². The number of hydrogen-bond donors (Lipinski definition) is 1. The molecule has 4 heterocycles. The van der Waals surface area contributed by atoms with Crippen LogP contribution in [0.2, 0.25) is 5.02 Å². The molecular formula is C22H25ClN4O3. The summed E-state index contributed by atoms with van der Waals surface area (Å²) in [5.74, 6) is 2.33. The minimum Gasteiger partial charge on any atom is -0.492 e. The molecule has 2 saturated heterocycles. The topological polar surface area (TPSA) is 66.9 Å². The molecule has 2 unspecified atom stereocenters. The molecule has 1 aromatic carbocycles. The number of rotatable bonds is 4. The van der Waals surface area contributed by atoms with E-state index in [0.717, 1.165) is 35.8 Å². The normalized spacial score (nSPS) is 22.5. The third-order valence-corrected chi connectivity index (χ3v) is 6.50. The van der Waals surface area contributed by atoms with Gasteiger partial charge in [-0.2, -0.15) is 0 Å². The largest absolute Gasteiger partial charge is 0.492 e. The van der Waals surface area contributed by atoms with Crippen LogP contribution in [0.15, 0.2) is 30.5 Å². The van der Waals surface area contributed by atoms with Crippen molar-refractivity contribution in [2.75, 3.05) is 44.3 Å². The second kappa shape index (κ2) is 7.96. The molecule has 1 N–H and O–H groups in total. The van der Waals surface area contributed by atoms with Crippen LogP contribution < -0.4 is 19.7 Å². The first kappa shape index (κ1) is 19.5. The van der Waals surface area contributed by atoms with Crippen molar-refractivity contribution in [3.63, 3.8) is 0 Å². The fourth-order valence-electron chi connectivity index (χ4n) is 4.16. The van der Waals surface area contributed by atoms with Crippen molar-refractivity contribution in [3.8, 4) is 11.5 Å². The zero-order chi connectivity index (χ0) is 20.7. The van der Waals surface area contributed by atoms with Crippen LogP contribution in [-0.2, 0) is 0 Å². The number of ether oxygens (including phenoxy) is 2. The lowest BCUT2D eigenvalue weighted by Crippen LogP contribution is -2.58. The van der Waals surface area contributed by atoms with Gasteiger partial charge in [-0.15, -0.1) is 0 Å². The first-order valence-corrected chi connectivity index (χ1v) is 10.8. The van der Waals surface area contributed by atoms with E-state index in [1.165, 1.54) is 0 Å². The molecule has 0 bridgehead atoms. The molecule has 2 atom stereocenters. The van der Waals surface area contributed by atoms with E-state index < -0.39 is 0 Å². The van der Waals surface area contributed by atoms with E-state index >= 15 is 0 Å². The number of carbonyl (C=O) groups excluding carboxylic acids is 1. The highest BCUT2D eigenvalue weighted by Crippen LogP contribution is 2.38. The Hall–Kier alpha value is -2.51. The highest BCUT2D eigenvalue weighted by molar-refractivity contribution is 6.31. The number of carbonyl (C=O) groups is 1. The number of halogens is 1. The molecular weight excluding hydrogens is 404 g/mol. The maximum atomic E-state index is 13.1. The number of aromatic nitrogens is 1. The summed E-state index contributed by atoms with van der Waals surface area (Å²) >= 11 is 6.19. The Bertz CT molecular complexity index is 965. The predicted molar refractivity (Wildman–Crippen MR) is 115 cm³/mol. The highest BCUT2D eigenvalue weighted by atomic mass is 35.5. The van der Waals surface area contributed by atoms with Crippen molar-refractivity contribution in [2.45, 2.75) is 25.4 Å². The van der Waals surface area contributed by atoms with E-state index in [2.05, 4.69) is 15.2 Å². The van der Waals surface area contributed by atoms with Gasteiger partial charge in [0.25, 0.3) is 5.91 Å². The van der Waals surface area contributed by atoms with E-state index in [0.29, 0.717) is 49.5 Å². The molecule has 5 rings (SSSR count). The van der Waals surface area contributed by atoms with Crippen molar-refractivity contribution < 1.29 is 14.3 Å². The van der Waals surface area contributed by atoms with Gasteiger partial charge in [0.05, 0.1) is 11.1 Å². The van der Waals surface area contributed by atoms with Crippen LogP contribution in [0.4, 0.5) is 5.82 Å². The molecule has 158 valence electrons. The van der Waals surface area contributed by atoms with Gasteiger partial charge in [0, 0.05) is 43.0 Å². The van der Waals surface area contributed by atoms with Gasteiger partial charge in [0.1, 0.15) is 19.0 Å². The Labute approximate surface area is 180 Å². The van der Waals surface area contributed by atoms with E-state index in [1.807, 2.05) is 36.1 Å². The minimum absolute atomic E-state index is 0.0212. The van der Waals surface area contributed by atoms with Gasteiger partial charge >= 0.3 is 0 Å². The molecule has 0 aliphatic carbocycles. The fraction of sp³-hybridized carbons (Fsp3) is 0.455. The monoisotopic (exact) mass is 428 g/mol. The van der Waals surface area contributed by atoms with Crippen molar-refractivity contribution in [2.24, 2.45) is 0 Å². The number of pyridine rings is 1. The maximum absolute atomic E-state index is 13.1. The van der Waals surface area contributed by atoms with Crippen LogP contribution in [0, 0.1) is 6.92 Å². The summed E-state index contributed by atoms with van der Waals surface area (Å²) < 4.78 is 11.8. The van der Waals surface area contributed by atoms with E-state index in [1.54, 1.807) is 6.20 Å². The predicted octanol–water partition coefficient (Wildman–Crippen LogP) is 2.51. The zero-order valence-electron chi connectivity index (χ0n) is 16.9.